The Bertz CT molecular complexity index is 440. The predicted molar refractivity (Wildman–Crippen MR) is 89.1 cm³/mol. The van der Waals surface area contributed by atoms with Gasteiger partial charge < -0.3 is 15.1 Å². The van der Waals surface area contributed by atoms with Crippen LogP contribution in [-0.4, -0.2) is 60.0 Å². The van der Waals surface area contributed by atoms with Crippen LogP contribution in [-0.2, 0) is 0 Å². The molecule has 22 heavy (non-hydrogen) atoms. The van der Waals surface area contributed by atoms with Crippen molar-refractivity contribution in [2.24, 2.45) is 5.92 Å². The smallest absolute Gasteiger partial charge is 0.0928 e. The zero-order valence-corrected chi connectivity index (χ0v) is 13.3. The molecule has 2 N–H and O–H groups in total. The lowest BCUT2D eigenvalue weighted by Crippen LogP contribution is -2.50. The van der Waals surface area contributed by atoms with E-state index in [1.165, 1.54) is 18.5 Å². The quantitative estimate of drug-likeness (QED) is 0.869. The number of rotatable bonds is 5. The summed E-state index contributed by atoms with van der Waals surface area (Å²) in [5, 5.41) is 20.6. The molecule has 4 nitrogen and oxygen atoms in total. The minimum atomic E-state index is -0.605. The van der Waals surface area contributed by atoms with Gasteiger partial charge in [0.1, 0.15) is 0 Å². The van der Waals surface area contributed by atoms with Gasteiger partial charge >= 0.3 is 0 Å². The van der Waals surface area contributed by atoms with Crippen molar-refractivity contribution in [3.63, 3.8) is 0 Å². The zero-order chi connectivity index (χ0) is 15.4. The lowest BCUT2D eigenvalue weighted by Gasteiger charge is -2.38. The van der Waals surface area contributed by atoms with Crippen LogP contribution in [0.5, 0.6) is 0 Å². The second-order valence-corrected chi connectivity index (χ2v) is 6.73. The van der Waals surface area contributed by atoms with Gasteiger partial charge in [0.15, 0.2) is 0 Å². The van der Waals surface area contributed by atoms with Crippen LogP contribution in [0, 0.1) is 5.92 Å². The highest BCUT2D eigenvalue weighted by Crippen LogP contribution is 2.29. The van der Waals surface area contributed by atoms with Gasteiger partial charge in [-0.05, 0) is 30.9 Å². The Labute approximate surface area is 133 Å². The minimum absolute atomic E-state index is 0.306. The van der Waals surface area contributed by atoms with Crippen molar-refractivity contribution in [1.29, 1.82) is 0 Å². The summed E-state index contributed by atoms with van der Waals surface area (Å²) in [6.07, 6.45) is 3.38. The first kappa shape index (κ1) is 15.8. The van der Waals surface area contributed by atoms with E-state index in [0.717, 1.165) is 39.0 Å². The number of β-amino-alcohol motifs (C(OH)–C–C–N with tert-alkyl or cyclic N) is 1. The van der Waals surface area contributed by atoms with Gasteiger partial charge in [-0.15, -0.1) is 0 Å². The Morgan fingerprint density at radius 3 is 2.23 bits per heavy atom. The van der Waals surface area contributed by atoms with Gasteiger partial charge in [-0.1, -0.05) is 31.0 Å². The van der Waals surface area contributed by atoms with Crippen LogP contribution < -0.4 is 4.90 Å². The Balaban J connectivity index is 1.45. The zero-order valence-electron chi connectivity index (χ0n) is 13.3. The SMILES string of the molecule is OC(CN1CCN(c2ccccc2)CC1)C(O)C1CCCC1. The summed E-state index contributed by atoms with van der Waals surface area (Å²) < 4.78 is 0. The monoisotopic (exact) mass is 304 g/mol. The maximum atomic E-state index is 10.3. The van der Waals surface area contributed by atoms with Gasteiger partial charge in [0.2, 0.25) is 0 Å². The van der Waals surface area contributed by atoms with Gasteiger partial charge in [-0.25, -0.2) is 0 Å². The maximum absolute atomic E-state index is 10.3. The fourth-order valence-electron chi connectivity index (χ4n) is 3.81. The van der Waals surface area contributed by atoms with E-state index in [1.54, 1.807) is 0 Å². The first-order valence-corrected chi connectivity index (χ1v) is 8.62. The van der Waals surface area contributed by atoms with Crippen LogP contribution in [0.1, 0.15) is 25.7 Å². The summed E-state index contributed by atoms with van der Waals surface area (Å²) in [4.78, 5) is 4.67. The third-order valence-electron chi connectivity index (χ3n) is 5.22. The fourth-order valence-corrected chi connectivity index (χ4v) is 3.81. The lowest BCUT2D eigenvalue weighted by molar-refractivity contribution is -0.0324. The van der Waals surface area contributed by atoms with Gasteiger partial charge in [0, 0.05) is 38.4 Å². The molecule has 1 aliphatic carbocycles. The summed E-state index contributed by atoms with van der Waals surface area (Å²) >= 11 is 0. The second-order valence-electron chi connectivity index (χ2n) is 6.73. The Morgan fingerprint density at radius 2 is 1.59 bits per heavy atom. The topological polar surface area (TPSA) is 46.9 Å². The molecule has 1 aromatic rings. The molecule has 0 aromatic heterocycles. The molecule has 1 saturated carbocycles. The number of benzene rings is 1. The van der Waals surface area contributed by atoms with Crippen molar-refractivity contribution in [2.75, 3.05) is 37.6 Å². The molecular weight excluding hydrogens is 276 g/mol. The molecule has 0 amide bonds. The number of para-hydroxylation sites is 1. The summed E-state index contributed by atoms with van der Waals surface area (Å²) in [5.74, 6) is 0.306. The molecule has 1 aromatic carbocycles. The maximum Gasteiger partial charge on any atom is 0.0928 e. The highest BCUT2D eigenvalue weighted by Gasteiger charge is 2.30. The van der Waals surface area contributed by atoms with Crippen LogP contribution in [0.3, 0.4) is 0 Å². The van der Waals surface area contributed by atoms with Crippen LogP contribution in [0.2, 0.25) is 0 Å². The number of hydrogen-bond donors (Lipinski definition) is 2. The van der Waals surface area contributed by atoms with Crippen LogP contribution >= 0.6 is 0 Å². The normalized spacial score (nSPS) is 23.6. The molecule has 3 rings (SSSR count). The Kier molecular flexibility index (Phi) is 5.34. The van der Waals surface area contributed by atoms with Crippen molar-refractivity contribution in [2.45, 2.75) is 37.9 Å². The number of piperazine rings is 1. The number of hydrogen-bond acceptors (Lipinski definition) is 4. The van der Waals surface area contributed by atoms with E-state index >= 15 is 0 Å². The van der Waals surface area contributed by atoms with Gasteiger partial charge in [-0.3, -0.25) is 4.90 Å². The fraction of sp³-hybridized carbons (Fsp3) is 0.667. The summed E-state index contributed by atoms with van der Waals surface area (Å²) in [6.45, 7) is 4.46. The standard InChI is InChI=1S/C18H28N2O2/c21-17(18(22)15-6-4-5-7-15)14-19-10-12-20(13-11-19)16-8-2-1-3-9-16/h1-3,8-9,15,17-18,21-22H,4-7,10-14H2. The predicted octanol–water partition coefficient (Wildman–Crippen LogP) is 1.72. The summed E-state index contributed by atoms with van der Waals surface area (Å²) in [7, 11) is 0. The van der Waals surface area contributed by atoms with E-state index < -0.39 is 12.2 Å². The first-order chi connectivity index (χ1) is 10.7. The number of aliphatic hydroxyl groups excluding tert-OH is 2. The van der Waals surface area contributed by atoms with Crippen LogP contribution in [0.15, 0.2) is 30.3 Å². The summed E-state index contributed by atoms with van der Waals surface area (Å²) in [6, 6.07) is 10.5. The lowest BCUT2D eigenvalue weighted by atomic mass is 9.96. The van der Waals surface area contributed by atoms with Crippen molar-refractivity contribution in [3.05, 3.63) is 30.3 Å². The van der Waals surface area contributed by atoms with E-state index in [4.69, 9.17) is 0 Å². The minimum Gasteiger partial charge on any atom is -0.390 e. The number of nitrogens with zero attached hydrogens (tertiary/aromatic N) is 2. The molecule has 4 heteroatoms. The molecule has 2 fully saturated rings. The van der Waals surface area contributed by atoms with E-state index in [0.29, 0.717) is 12.5 Å². The largest absolute Gasteiger partial charge is 0.390 e. The average molecular weight is 304 g/mol. The highest BCUT2D eigenvalue weighted by molar-refractivity contribution is 5.46. The molecule has 0 radical (unpaired) electrons. The van der Waals surface area contributed by atoms with Crippen molar-refractivity contribution >= 4 is 5.69 Å². The average Bonchev–Trinajstić information content (AvgIpc) is 3.10. The number of anilines is 1. The second kappa shape index (κ2) is 7.44. The van der Waals surface area contributed by atoms with Crippen LogP contribution in [0.4, 0.5) is 5.69 Å². The van der Waals surface area contributed by atoms with Gasteiger partial charge in [0.25, 0.3) is 0 Å². The Hall–Kier alpha value is -1.10. The van der Waals surface area contributed by atoms with E-state index in [9.17, 15) is 10.2 Å². The van der Waals surface area contributed by atoms with E-state index in [2.05, 4.69) is 34.1 Å². The van der Waals surface area contributed by atoms with Crippen LogP contribution in [0.25, 0.3) is 0 Å². The van der Waals surface area contributed by atoms with Crippen molar-refractivity contribution in [1.82, 2.24) is 4.90 Å². The van der Waals surface area contributed by atoms with E-state index in [-0.39, 0.29) is 0 Å². The van der Waals surface area contributed by atoms with Crippen molar-refractivity contribution < 1.29 is 10.2 Å². The molecule has 2 aliphatic rings. The molecule has 2 unspecified atom stereocenters. The Morgan fingerprint density at radius 1 is 0.955 bits per heavy atom. The first-order valence-electron chi connectivity index (χ1n) is 8.62. The molecule has 122 valence electrons. The molecule has 1 heterocycles. The molecule has 0 bridgehead atoms. The summed E-state index contributed by atoms with van der Waals surface area (Å²) in [5.41, 5.74) is 1.27. The molecule has 0 spiro atoms. The third kappa shape index (κ3) is 3.80. The van der Waals surface area contributed by atoms with Gasteiger partial charge in [-0.2, -0.15) is 0 Å². The van der Waals surface area contributed by atoms with E-state index in [1.807, 2.05) is 6.07 Å². The molecule has 1 aliphatic heterocycles. The van der Waals surface area contributed by atoms with Crippen molar-refractivity contribution in [3.8, 4) is 0 Å². The molecule has 2 atom stereocenters. The molecular formula is C18H28N2O2. The molecule has 1 saturated heterocycles. The number of aliphatic hydroxyl groups is 2. The highest BCUT2D eigenvalue weighted by atomic mass is 16.3. The van der Waals surface area contributed by atoms with Gasteiger partial charge in [0.05, 0.1) is 12.2 Å². The third-order valence-corrected chi connectivity index (χ3v) is 5.22.